The summed E-state index contributed by atoms with van der Waals surface area (Å²) < 4.78 is 32.3. The Morgan fingerprint density at radius 3 is 2.08 bits per heavy atom. The Kier molecular flexibility index (Phi) is 5.21. The van der Waals surface area contributed by atoms with E-state index in [1.54, 1.807) is 12.1 Å². The second-order valence-corrected chi connectivity index (χ2v) is 8.96. The molecule has 4 rings (SSSR count). The number of aliphatic hydroxyl groups is 1. The second-order valence-electron chi connectivity index (χ2n) is 7.58. The van der Waals surface area contributed by atoms with E-state index in [1.165, 1.54) is 17.7 Å². The Bertz CT molecular complexity index is 839. The maximum absolute atomic E-state index is 10.4. The summed E-state index contributed by atoms with van der Waals surface area (Å²) in [5.41, 5.74) is 2.01. The SMILES string of the molecule is Cc1ccc(S(=O)(=O)[O-])cc1.OC12CC[N+](Cc3ccccc3)(CC1)C2. The van der Waals surface area contributed by atoms with Gasteiger partial charge in [0, 0.05) is 18.4 Å². The number of piperidine rings is 1. The molecule has 0 aliphatic carbocycles. The molecule has 0 amide bonds. The van der Waals surface area contributed by atoms with Crippen LogP contribution in [0.5, 0.6) is 0 Å². The number of fused-ring (bicyclic) bond motifs is 2. The van der Waals surface area contributed by atoms with Gasteiger partial charge in [-0.15, -0.1) is 0 Å². The van der Waals surface area contributed by atoms with Gasteiger partial charge in [-0.3, -0.25) is 0 Å². The van der Waals surface area contributed by atoms with Crippen molar-refractivity contribution in [1.82, 2.24) is 0 Å². The third kappa shape index (κ3) is 4.51. The van der Waals surface area contributed by atoms with Crippen LogP contribution in [0.25, 0.3) is 0 Å². The lowest BCUT2D eigenvalue weighted by Crippen LogP contribution is -2.42. The molecular weight excluding hydrogens is 350 g/mol. The Morgan fingerprint density at radius 2 is 1.62 bits per heavy atom. The van der Waals surface area contributed by atoms with E-state index in [0.29, 0.717) is 0 Å². The van der Waals surface area contributed by atoms with Crippen molar-refractivity contribution < 1.29 is 22.6 Å². The van der Waals surface area contributed by atoms with Crippen molar-refractivity contribution in [2.45, 2.75) is 36.8 Å². The Balaban J connectivity index is 0.000000160. The van der Waals surface area contributed by atoms with Crippen molar-refractivity contribution in [3.63, 3.8) is 0 Å². The highest BCUT2D eigenvalue weighted by Gasteiger charge is 2.54. The Hall–Kier alpha value is -1.73. The van der Waals surface area contributed by atoms with Crippen LogP contribution in [0.2, 0.25) is 0 Å². The van der Waals surface area contributed by atoms with Gasteiger partial charge in [-0.1, -0.05) is 48.0 Å². The van der Waals surface area contributed by atoms with Gasteiger partial charge in [0.1, 0.15) is 28.8 Å². The van der Waals surface area contributed by atoms with Gasteiger partial charge < -0.3 is 14.1 Å². The first kappa shape index (κ1) is 19.0. The topological polar surface area (TPSA) is 77.4 Å². The lowest BCUT2D eigenvalue weighted by Gasteiger charge is -2.31. The van der Waals surface area contributed by atoms with E-state index in [4.69, 9.17) is 0 Å². The predicted octanol–water partition coefficient (Wildman–Crippen LogP) is 2.44. The monoisotopic (exact) mass is 375 g/mol. The van der Waals surface area contributed by atoms with E-state index >= 15 is 0 Å². The largest absolute Gasteiger partial charge is 0.744 e. The minimum Gasteiger partial charge on any atom is -0.744 e. The molecule has 6 heteroatoms. The summed E-state index contributed by atoms with van der Waals surface area (Å²) in [4.78, 5) is -0.178. The van der Waals surface area contributed by atoms with Gasteiger partial charge in [0.2, 0.25) is 0 Å². The van der Waals surface area contributed by atoms with Crippen molar-refractivity contribution >= 4 is 10.1 Å². The summed E-state index contributed by atoms with van der Waals surface area (Å²) in [5, 5.41) is 10.2. The molecule has 2 saturated heterocycles. The molecule has 0 atom stereocenters. The van der Waals surface area contributed by atoms with Gasteiger partial charge in [-0.05, 0) is 19.1 Å². The van der Waals surface area contributed by atoms with Crippen molar-refractivity contribution in [2.24, 2.45) is 0 Å². The van der Waals surface area contributed by atoms with Gasteiger partial charge in [-0.2, -0.15) is 0 Å². The maximum Gasteiger partial charge on any atom is 0.124 e. The first-order valence-electron chi connectivity index (χ1n) is 8.84. The lowest BCUT2D eigenvalue weighted by atomic mass is 10.0. The summed E-state index contributed by atoms with van der Waals surface area (Å²) in [7, 11) is -4.27. The molecule has 2 aromatic carbocycles. The molecule has 2 heterocycles. The van der Waals surface area contributed by atoms with Crippen molar-refractivity contribution in [3.05, 3.63) is 65.7 Å². The smallest absolute Gasteiger partial charge is 0.124 e. The molecule has 2 bridgehead atoms. The molecule has 2 aliphatic heterocycles. The molecule has 140 valence electrons. The van der Waals surface area contributed by atoms with Crippen molar-refractivity contribution in [3.8, 4) is 0 Å². The van der Waals surface area contributed by atoms with Gasteiger partial charge in [0.15, 0.2) is 0 Å². The molecule has 2 fully saturated rings. The highest BCUT2D eigenvalue weighted by atomic mass is 32.2. The fraction of sp³-hybridized carbons (Fsp3) is 0.400. The van der Waals surface area contributed by atoms with Crippen LogP contribution in [0, 0.1) is 6.92 Å². The molecule has 5 nitrogen and oxygen atoms in total. The van der Waals surface area contributed by atoms with Crippen molar-refractivity contribution in [2.75, 3.05) is 19.6 Å². The van der Waals surface area contributed by atoms with Crippen LogP contribution in [0.4, 0.5) is 0 Å². The maximum atomic E-state index is 10.4. The quantitative estimate of drug-likeness (QED) is 0.660. The molecule has 0 spiro atoms. The number of hydrogen-bond donors (Lipinski definition) is 1. The highest BCUT2D eigenvalue weighted by Crippen LogP contribution is 2.40. The van der Waals surface area contributed by atoms with Crippen LogP contribution in [-0.4, -0.2) is 47.8 Å². The minimum atomic E-state index is -4.27. The Labute approximate surface area is 155 Å². The zero-order chi connectivity index (χ0) is 18.8. The molecule has 0 saturated carbocycles. The van der Waals surface area contributed by atoms with Gasteiger partial charge in [0.05, 0.1) is 18.0 Å². The summed E-state index contributed by atoms with van der Waals surface area (Å²) >= 11 is 0. The fourth-order valence-electron chi connectivity index (χ4n) is 3.96. The standard InChI is InChI=1S/C13H18NO.C7H8O3S/c15-13-6-8-14(11-13,9-7-13)10-12-4-2-1-3-5-12;1-6-2-4-7(5-3-6)11(8,9)10/h1-5,15H,6-11H2;2-5H,1H3,(H,8,9,10)/q+1;/p-1. The summed E-state index contributed by atoms with van der Waals surface area (Å²) in [6, 6.07) is 16.4. The van der Waals surface area contributed by atoms with Gasteiger partial charge in [0.25, 0.3) is 0 Å². The molecule has 1 N–H and O–H groups in total. The van der Waals surface area contributed by atoms with E-state index < -0.39 is 10.1 Å². The van der Waals surface area contributed by atoms with Gasteiger partial charge >= 0.3 is 0 Å². The van der Waals surface area contributed by atoms with Crippen LogP contribution >= 0.6 is 0 Å². The molecule has 0 radical (unpaired) electrons. The molecule has 2 aliphatic rings. The van der Waals surface area contributed by atoms with E-state index in [9.17, 15) is 18.1 Å². The number of quaternary nitrogens is 1. The first-order valence-corrected chi connectivity index (χ1v) is 10.2. The number of rotatable bonds is 3. The van der Waals surface area contributed by atoms with Crippen LogP contribution in [0.15, 0.2) is 59.5 Å². The third-order valence-electron chi connectivity index (χ3n) is 5.40. The molecule has 0 unspecified atom stereocenters. The van der Waals surface area contributed by atoms with E-state index in [2.05, 4.69) is 30.3 Å². The normalized spacial score (nSPS) is 27.0. The molecule has 2 aromatic rings. The first-order chi connectivity index (χ1) is 12.2. The number of benzene rings is 2. The minimum absolute atomic E-state index is 0.178. The molecular formula is C20H25NO4S. The van der Waals surface area contributed by atoms with E-state index in [-0.39, 0.29) is 10.5 Å². The van der Waals surface area contributed by atoms with Crippen molar-refractivity contribution in [1.29, 1.82) is 0 Å². The average Bonchev–Trinajstić information content (AvgIpc) is 3.09. The summed E-state index contributed by atoms with van der Waals surface area (Å²) in [5.74, 6) is 0. The molecule has 26 heavy (non-hydrogen) atoms. The highest BCUT2D eigenvalue weighted by molar-refractivity contribution is 7.85. The summed E-state index contributed by atoms with van der Waals surface area (Å²) in [6.45, 7) is 6.21. The number of hydrogen-bond acceptors (Lipinski definition) is 4. The zero-order valence-electron chi connectivity index (χ0n) is 15.0. The third-order valence-corrected chi connectivity index (χ3v) is 6.25. The lowest BCUT2D eigenvalue weighted by molar-refractivity contribution is -0.922. The van der Waals surface area contributed by atoms with E-state index in [0.717, 1.165) is 49.1 Å². The summed E-state index contributed by atoms with van der Waals surface area (Å²) in [6.07, 6.45) is 2.00. The van der Waals surface area contributed by atoms with Crippen LogP contribution in [0.1, 0.15) is 24.0 Å². The molecule has 0 aromatic heterocycles. The number of nitrogens with zero attached hydrogens (tertiary/aromatic N) is 1. The fourth-order valence-corrected chi connectivity index (χ4v) is 4.43. The van der Waals surface area contributed by atoms with Crippen LogP contribution < -0.4 is 0 Å². The predicted molar refractivity (Wildman–Crippen MR) is 98.3 cm³/mol. The average molecular weight is 375 g/mol. The van der Waals surface area contributed by atoms with E-state index in [1.807, 2.05) is 6.92 Å². The zero-order valence-corrected chi connectivity index (χ0v) is 15.8. The van der Waals surface area contributed by atoms with Crippen LogP contribution in [-0.2, 0) is 16.7 Å². The number of aryl methyl sites for hydroxylation is 1. The Morgan fingerprint density at radius 1 is 1.04 bits per heavy atom. The second kappa shape index (κ2) is 7.12. The van der Waals surface area contributed by atoms with Crippen LogP contribution in [0.3, 0.4) is 0 Å². The van der Waals surface area contributed by atoms with Gasteiger partial charge in [-0.25, -0.2) is 8.42 Å².